The van der Waals surface area contributed by atoms with Gasteiger partial charge in [-0.15, -0.1) is 0 Å². The van der Waals surface area contributed by atoms with Crippen molar-refractivity contribution in [1.29, 1.82) is 0 Å². The molecule has 3 heterocycles. The fourth-order valence-electron chi connectivity index (χ4n) is 4.76. The summed E-state index contributed by atoms with van der Waals surface area (Å²) in [7, 11) is 1.66. The molecule has 3 aliphatic rings. The number of ether oxygens (including phenoxy) is 6. The third-order valence-electron chi connectivity index (χ3n) is 6.46. The van der Waals surface area contributed by atoms with Crippen molar-refractivity contribution in [3.05, 3.63) is 0 Å². The number of aliphatic hydroxyl groups is 3. The van der Waals surface area contributed by atoms with Gasteiger partial charge in [0.1, 0.15) is 12.2 Å². The minimum atomic E-state index is -0.809. The van der Waals surface area contributed by atoms with Crippen molar-refractivity contribution in [2.75, 3.05) is 13.7 Å². The summed E-state index contributed by atoms with van der Waals surface area (Å²) in [5, 5.41) is 30.3. The lowest BCUT2D eigenvalue weighted by Crippen LogP contribution is -2.56. The molecule has 0 aromatic carbocycles. The number of hydrogen-bond donors (Lipinski definition) is 3. The molecular formula is C21H38O9. The Bertz CT molecular complexity index is 523. The van der Waals surface area contributed by atoms with Crippen molar-refractivity contribution >= 4 is 0 Å². The molecule has 3 N–H and O–H groups in total. The summed E-state index contributed by atoms with van der Waals surface area (Å²) in [6.07, 6.45) is -3.40. The van der Waals surface area contributed by atoms with E-state index in [4.69, 9.17) is 28.4 Å². The van der Waals surface area contributed by atoms with Crippen LogP contribution in [-0.4, -0.2) is 96.6 Å². The summed E-state index contributed by atoms with van der Waals surface area (Å²) >= 11 is 0. The van der Waals surface area contributed by atoms with E-state index in [9.17, 15) is 15.3 Å². The molecule has 9 nitrogen and oxygen atoms in total. The number of hydrogen-bond acceptors (Lipinski definition) is 9. The zero-order valence-corrected chi connectivity index (χ0v) is 18.5. The monoisotopic (exact) mass is 434 g/mol. The Morgan fingerprint density at radius 1 is 0.800 bits per heavy atom. The van der Waals surface area contributed by atoms with Crippen LogP contribution in [0, 0.1) is 5.92 Å². The van der Waals surface area contributed by atoms with Crippen LogP contribution in [0.15, 0.2) is 0 Å². The normalized spacial score (nSPS) is 50.4. The average molecular weight is 435 g/mol. The largest absolute Gasteiger partial charge is 0.396 e. The molecular weight excluding hydrogens is 396 g/mol. The highest BCUT2D eigenvalue weighted by atomic mass is 16.7. The first kappa shape index (κ1) is 24.3. The summed E-state index contributed by atoms with van der Waals surface area (Å²) in [6.45, 7) is 7.38. The van der Waals surface area contributed by atoms with Crippen LogP contribution in [-0.2, 0) is 28.4 Å². The molecule has 30 heavy (non-hydrogen) atoms. The molecule has 0 spiro atoms. The van der Waals surface area contributed by atoms with Crippen LogP contribution in [0.25, 0.3) is 0 Å². The highest BCUT2D eigenvalue weighted by molar-refractivity contribution is 4.88. The van der Waals surface area contributed by atoms with Crippen molar-refractivity contribution < 1.29 is 43.7 Å². The third-order valence-corrected chi connectivity index (χ3v) is 6.46. The fraction of sp³-hybridized carbons (Fsp3) is 1.00. The van der Waals surface area contributed by atoms with Crippen LogP contribution in [0.5, 0.6) is 0 Å². The van der Waals surface area contributed by atoms with E-state index in [1.807, 2.05) is 20.8 Å². The van der Waals surface area contributed by atoms with Gasteiger partial charge in [-0.25, -0.2) is 0 Å². The second-order valence-corrected chi connectivity index (χ2v) is 8.88. The van der Waals surface area contributed by atoms with Crippen LogP contribution in [0.3, 0.4) is 0 Å². The second kappa shape index (κ2) is 10.5. The zero-order valence-electron chi connectivity index (χ0n) is 18.5. The summed E-state index contributed by atoms with van der Waals surface area (Å²) in [4.78, 5) is 0. The first-order valence-electron chi connectivity index (χ1n) is 11.0. The van der Waals surface area contributed by atoms with Crippen molar-refractivity contribution in [3.63, 3.8) is 0 Å². The Labute approximate surface area is 178 Å². The molecule has 0 amide bonds. The minimum Gasteiger partial charge on any atom is -0.396 e. The SMILES string of the molecule is COC1CC(C)OC(C)C1OC1CC(O)C(OC2CC(CO)C(O)C(C)O2)C(C)O1. The van der Waals surface area contributed by atoms with Crippen LogP contribution in [0.1, 0.15) is 47.0 Å². The minimum absolute atomic E-state index is 0.0959. The molecule has 3 aliphatic heterocycles. The summed E-state index contributed by atoms with van der Waals surface area (Å²) in [5.41, 5.74) is 0. The third kappa shape index (κ3) is 5.51. The van der Waals surface area contributed by atoms with Gasteiger partial charge in [0, 0.05) is 38.9 Å². The fourth-order valence-corrected chi connectivity index (χ4v) is 4.76. The number of aliphatic hydroxyl groups excluding tert-OH is 3. The van der Waals surface area contributed by atoms with Gasteiger partial charge in [-0.2, -0.15) is 0 Å². The molecule has 0 aliphatic carbocycles. The molecule has 0 radical (unpaired) electrons. The maximum absolute atomic E-state index is 10.7. The maximum Gasteiger partial charge on any atom is 0.161 e. The van der Waals surface area contributed by atoms with E-state index >= 15 is 0 Å². The van der Waals surface area contributed by atoms with Crippen LogP contribution in [0.2, 0.25) is 0 Å². The Hall–Kier alpha value is -0.360. The van der Waals surface area contributed by atoms with Crippen molar-refractivity contribution in [2.24, 2.45) is 5.92 Å². The van der Waals surface area contributed by atoms with E-state index in [2.05, 4.69) is 0 Å². The molecule has 176 valence electrons. The molecule has 0 saturated carbocycles. The van der Waals surface area contributed by atoms with Crippen molar-refractivity contribution in [2.45, 2.75) is 114 Å². The van der Waals surface area contributed by atoms with Gasteiger partial charge in [0.15, 0.2) is 12.6 Å². The summed E-state index contributed by atoms with van der Waals surface area (Å²) in [5.74, 6) is -0.326. The average Bonchev–Trinajstić information content (AvgIpc) is 2.69. The van der Waals surface area contributed by atoms with E-state index in [0.717, 1.165) is 6.42 Å². The van der Waals surface area contributed by atoms with E-state index in [1.165, 1.54) is 0 Å². The van der Waals surface area contributed by atoms with E-state index in [-0.39, 0.29) is 43.4 Å². The van der Waals surface area contributed by atoms with Gasteiger partial charge < -0.3 is 43.7 Å². The second-order valence-electron chi connectivity index (χ2n) is 8.88. The van der Waals surface area contributed by atoms with Crippen LogP contribution >= 0.6 is 0 Å². The molecule has 0 aromatic heterocycles. The molecule has 3 fully saturated rings. The predicted molar refractivity (Wildman–Crippen MR) is 106 cm³/mol. The van der Waals surface area contributed by atoms with Gasteiger partial charge in [0.05, 0.1) is 42.7 Å². The molecule has 9 heteroatoms. The van der Waals surface area contributed by atoms with Gasteiger partial charge in [-0.05, 0) is 27.7 Å². The smallest absolute Gasteiger partial charge is 0.161 e. The first-order chi connectivity index (χ1) is 14.2. The molecule has 12 atom stereocenters. The Morgan fingerprint density at radius 2 is 1.40 bits per heavy atom. The quantitative estimate of drug-likeness (QED) is 0.552. The lowest BCUT2D eigenvalue weighted by Gasteiger charge is -2.45. The zero-order chi connectivity index (χ0) is 22.0. The Kier molecular flexibility index (Phi) is 8.50. The molecule has 3 rings (SSSR count). The van der Waals surface area contributed by atoms with Crippen LogP contribution in [0.4, 0.5) is 0 Å². The van der Waals surface area contributed by atoms with Crippen molar-refractivity contribution in [3.8, 4) is 0 Å². The van der Waals surface area contributed by atoms with Crippen molar-refractivity contribution in [1.82, 2.24) is 0 Å². The van der Waals surface area contributed by atoms with Gasteiger partial charge in [0.2, 0.25) is 0 Å². The standard InChI is InChI=1S/C21H38O9/c1-10-6-16(25-5)21(13(4)26-10)30-18-8-15(23)20(12(3)28-18)29-17-7-14(9-22)19(24)11(2)27-17/h10-24H,6-9H2,1-5H3. The van der Waals surface area contributed by atoms with E-state index < -0.39 is 43.1 Å². The highest BCUT2D eigenvalue weighted by Gasteiger charge is 2.44. The first-order valence-corrected chi connectivity index (χ1v) is 11.0. The highest BCUT2D eigenvalue weighted by Crippen LogP contribution is 2.33. The number of rotatable bonds is 6. The van der Waals surface area contributed by atoms with E-state index in [1.54, 1.807) is 14.0 Å². The van der Waals surface area contributed by atoms with E-state index in [0.29, 0.717) is 6.42 Å². The van der Waals surface area contributed by atoms with Gasteiger partial charge in [-0.1, -0.05) is 0 Å². The summed E-state index contributed by atoms with van der Waals surface area (Å²) in [6, 6.07) is 0. The molecule has 3 saturated heterocycles. The lowest BCUT2D eigenvalue weighted by molar-refractivity contribution is -0.325. The maximum atomic E-state index is 10.7. The topological polar surface area (TPSA) is 116 Å². The molecule has 12 unspecified atom stereocenters. The molecule has 0 aromatic rings. The number of methoxy groups -OCH3 is 1. The predicted octanol–water partition coefficient (Wildman–Crippen LogP) is 0.569. The molecule has 0 bridgehead atoms. The summed E-state index contributed by atoms with van der Waals surface area (Å²) < 4.78 is 35.4. The van der Waals surface area contributed by atoms with Gasteiger partial charge in [0.25, 0.3) is 0 Å². The van der Waals surface area contributed by atoms with Gasteiger partial charge >= 0.3 is 0 Å². The Balaban J connectivity index is 1.56. The lowest BCUT2D eigenvalue weighted by atomic mass is 9.92. The Morgan fingerprint density at radius 3 is 2.03 bits per heavy atom. The van der Waals surface area contributed by atoms with Gasteiger partial charge in [-0.3, -0.25) is 0 Å². The van der Waals surface area contributed by atoms with Crippen LogP contribution < -0.4 is 0 Å².